The van der Waals surface area contributed by atoms with E-state index in [1.807, 2.05) is 6.92 Å². The SMILES string of the molecule is COC[C@@H](C)NC(=O)c1ccccc1NC(=O)C1CSC(N2CC(OC)C2)=N1. The smallest absolute Gasteiger partial charge is 0.253 e. The van der Waals surface area contributed by atoms with Gasteiger partial charge in [-0.25, -0.2) is 4.99 Å². The number of anilines is 1. The Morgan fingerprint density at radius 2 is 2.07 bits per heavy atom. The maximum atomic E-state index is 12.7. The molecule has 3 rings (SSSR count). The second-order valence-corrected chi connectivity index (χ2v) is 7.85. The molecular formula is C19H26N4O4S. The predicted molar refractivity (Wildman–Crippen MR) is 110 cm³/mol. The summed E-state index contributed by atoms with van der Waals surface area (Å²) >= 11 is 1.58. The van der Waals surface area contributed by atoms with Crippen molar-refractivity contribution >= 4 is 34.4 Å². The van der Waals surface area contributed by atoms with Gasteiger partial charge in [0.1, 0.15) is 6.04 Å². The fourth-order valence-electron chi connectivity index (χ4n) is 3.01. The van der Waals surface area contributed by atoms with Crippen molar-refractivity contribution in [2.24, 2.45) is 4.99 Å². The first kappa shape index (κ1) is 20.6. The summed E-state index contributed by atoms with van der Waals surface area (Å²) in [6.45, 7) is 3.88. The number of amidine groups is 1. The van der Waals surface area contributed by atoms with Crippen LogP contribution in [0.2, 0.25) is 0 Å². The molecule has 1 aromatic rings. The van der Waals surface area contributed by atoms with E-state index in [2.05, 4.69) is 20.5 Å². The summed E-state index contributed by atoms with van der Waals surface area (Å²) in [6, 6.07) is 6.36. The number of nitrogens with zero attached hydrogens (tertiary/aromatic N) is 2. The van der Waals surface area contributed by atoms with Gasteiger partial charge in [-0.05, 0) is 19.1 Å². The quantitative estimate of drug-likeness (QED) is 0.707. The van der Waals surface area contributed by atoms with E-state index in [9.17, 15) is 9.59 Å². The van der Waals surface area contributed by atoms with Gasteiger partial charge in [0, 0.05) is 39.1 Å². The number of hydrogen-bond donors (Lipinski definition) is 2. The monoisotopic (exact) mass is 406 g/mol. The van der Waals surface area contributed by atoms with Gasteiger partial charge in [-0.3, -0.25) is 9.59 Å². The van der Waals surface area contributed by atoms with Gasteiger partial charge in [-0.15, -0.1) is 0 Å². The highest BCUT2D eigenvalue weighted by atomic mass is 32.2. The molecule has 0 aromatic heterocycles. The van der Waals surface area contributed by atoms with E-state index in [0.717, 1.165) is 18.3 Å². The molecule has 2 aliphatic heterocycles. The third kappa shape index (κ3) is 4.84. The first-order valence-corrected chi connectivity index (χ1v) is 10.2. The fraction of sp³-hybridized carbons (Fsp3) is 0.526. The maximum absolute atomic E-state index is 12.7. The summed E-state index contributed by atoms with van der Waals surface area (Å²) in [6.07, 6.45) is 0.238. The van der Waals surface area contributed by atoms with Gasteiger partial charge in [-0.2, -0.15) is 0 Å². The Labute approximate surface area is 169 Å². The zero-order valence-electron chi connectivity index (χ0n) is 16.3. The number of benzene rings is 1. The Bertz CT molecular complexity index is 751. The van der Waals surface area contributed by atoms with Crippen molar-refractivity contribution in [3.8, 4) is 0 Å². The first-order chi connectivity index (χ1) is 13.5. The molecule has 0 bridgehead atoms. The van der Waals surface area contributed by atoms with Crippen LogP contribution in [0.1, 0.15) is 17.3 Å². The van der Waals surface area contributed by atoms with E-state index in [0.29, 0.717) is 23.6 Å². The van der Waals surface area contributed by atoms with Gasteiger partial charge in [0.2, 0.25) is 5.91 Å². The minimum absolute atomic E-state index is 0.132. The second kappa shape index (κ2) is 9.40. The molecule has 2 amide bonds. The van der Waals surface area contributed by atoms with Gasteiger partial charge in [0.25, 0.3) is 5.91 Å². The number of carbonyl (C=O) groups excluding carboxylic acids is 2. The van der Waals surface area contributed by atoms with Crippen LogP contribution < -0.4 is 10.6 Å². The summed E-state index contributed by atoms with van der Waals surface area (Å²) in [5.41, 5.74) is 0.894. The van der Waals surface area contributed by atoms with Crippen LogP contribution in [0, 0.1) is 0 Å². The van der Waals surface area contributed by atoms with Crippen LogP contribution in [0.25, 0.3) is 0 Å². The Morgan fingerprint density at radius 1 is 1.32 bits per heavy atom. The molecule has 152 valence electrons. The second-order valence-electron chi connectivity index (χ2n) is 6.87. The number of thioether (sulfide) groups is 1. The number of ether oxygens (including phenoxy) is 2. The molecule has 0 spiro atoms. The Morgan fingerprint density at radius 3 is 2.79 bits per heavy atom. The van der Waals surface area contributed by atoms with Gasteiger partial charge >= 0.3 is 0 Å². The summed E-state index contributed by atoms with van der Waals surface area (Å²) in [5.74, 6) is 0.127. The number of likely N-dealkylation sites (tertiary alicyclic amines) is 1. The largest absolute Gasteiger partial charge is 0.383 e. The highest BCUT2D eigenvalue weighted by Gasteiger charge is 2.34. The molecule has 28 heavy (non-hydrogen) atoms. The van der Waals surface area contributed by atoms with Gasteiger partial charge < -0.3 is 25.0 Å². The lowest BCUT2D eigenvalue weighted by Gasteiger charge is -2.39. The maximum Gasteiger partial charge on any atom is 0.253 e. The molecule has 1 saturated heterocycles. The lowest BCUT2D eigenvalue weighted by molar-refractivity contribution is -0.116. The van der Waals surface area contributed by atoms with E-state index >= 15 is 0 Å². The number of rotatable bonds is 7. The molecular weight excluding hydrogens is 380 g/mol. The molecule has 0 aliphatic carbocycles. The van der Waals surface area contributed by atoms with Gasteiger partial charge in [0.05, 0.1) is 24.0 Å². The summed E-state index contributed by atoms with van der Waals surface area (Å²) in [5, 5.41) is 6.60. The van der Waals surface area contributed by atoms with Crippen LogP contribution in [-0.2, 0) is 14.3 Å². The Hall–Kier alpha value is -2.10. The molecule has 8 nitrogen and oxygen atoms in total. The topological polar surface area (TPSA) is 92.3 Å². The highest BCUT2D eigenvalue weighted by Crippen LogP contribution is 2.26. The van der Waals surface area contributed by atoms with Crippen molar-refractivity contribution in [1.82, 2.24) is 10.2 Å². The Kier molecular flexibility index (Phi) is 6.93. The number of nitrogens with one attached hydrogen (secondary N) is 2. The predicted octanol–water partition coefficient (Wildman–Crippen LogP) is 1.19. The van der Waals surface area contributed by atoms with Crippen molar-refractivity contribution in [3.63, 3.8) is 0 Å². The van der Waals surface area contributed by atoms with Crippen LogP contribution in [-0.4, -0.2) is 79.7 Å². The summed E-state index contributed by atoms with van der Waals surface area (Å²) < 4.78 is 10.3. The molecule has 9 heteroatoms. The number of amides is 2. The van der Waals surface area contributed by atoms with E-state index in [1.165, 1.54) is 0 Å². The standard InChI is InChI=1S/C19H26N4O4S/c1-12(10-26-2)20-17(24)14-6-4-5-7-15(14)21-18(25)16-11-28-19(22-16)23-8-13(9-23)27-3/h4-7,12-13,16H,8-11H2,1-3H3,(H,20,24)(H,21,25)/t12-,16?/m1/s1. The van der Waals surface area contributed by atoms with Crippen LogP contribution in [0.3, 0.4) is 0 Å². The van der Waals surface area contributed by atoms with E-state index in [1.54, 1.807) is 50.2 Å². The van der Waals surface area contributed by atoms with Gasteiger partial charge in [-0.1, -0.05) is 23.9 Å². The molecule has 2 aliphatic rings. The number of carbonyl (C=O) groups is 2. The summed E-state index contributed by atoms with van der Waals surface area (Å²) in [4.78, 5) is 31.9. The number of hydrogen-bond acceptors (Lipinski definition) is 7. The average Bonchev–Trinajstić information content (AvgIpc) is 3.11. The molecule has 2 atom stereocenters. The molecule has 2 N–H and O–H groups in total. The third-order valence-electron chi connectivity index (χ3n) is 4.61. The van der Waals surface area contributed by atoms with E-state index < -0.39 is 6.04 Å². The van der Waals surface area contributed by atoms with Crippen LogP contribution in [0.5, 0.6) is 0 Å². The van der Waals surface area contributed by atoms with Crippen molar-refractivity contribution in [1.29, 1.82) is 0 Å². The molecule has 0 radical (unpaired) electrons. The van der Waals surface area contributed by atoms with Crippen molar-refractivity contribution in [2.45, 2.75) is 25.1 Å². The third-order valence-corrected chi connectivity index (χ3v) is 5.72. The molecule has 1 unspecified atom stereocenters. The van der Waals surface area contributed by atoms with Crippen molar-refractivity contribution in [2.75, 3.05) is 45.0 Å². The number of methoxy groups -OCH3 is 2. The average molecular weight is 407 g/mol. The van der Waals surface area contributed by atoms with Crippen LogP contribution in [0.4, 0.5) is 5.69 Å². The first-order valence-electron chi connectivity index (χ1n) is 9.19. The number of para-hydroxylation sites is 1. The molecule has 0 saturated carbocycles. The van der Waals surface area contributed by atoms with Crippen molar-refractivity contribution in [3.05, 3.63) is 29.8 Å². The van der Waals surface area contributed by atoms with E-state index in [-0.39, 0.29) is 24.0 Å². The van der Waals surface area contributed by atoms with Crippen LogP contribution >= 0.6 is 11.8 Å². The molecule has 2 heterocycles. The zero-order valence-corrected chi connectivity index (χ0v) is 17.1. The highest BCUT2D eigenvalue weighted by molar-refractivity contribution is 8.14. The summed E-state index contributed by atoms with van der Waals surface area (Å²) in [7, 11) is 3.28. The molecule has 1 fully saturated rings. The molecule has 1 aromatic carbocycles. The lowest BCUT2D eigenvalue weighted by Crippen LogP contribution is -2.53. The zero-order chi connectivity index (χ0) is 20.1. The minimum Gasteiger partial charge on any atom is -0.383 e. The number of aliphatic imine (C=N–C) groups is 1. The van der Waals surface area contributed by atoms with E-state index in [4.69, 9.17) is 9.47 Å². The minimum atomic E-state index is -0.467. The van der Waals surface area contributed by atoms with Crippen LogP contribution in [0.15, 0.2) is 29.3 Å². The Balaban J connectivity index is 1.62. The normalized spacial score (nSPS) is 20.3. The fourth-order valence-corrected chi connectivity index (χ4v) is 4.08. The van der Waals surface area contributed by atoms with Crippen molar-refractivity contribution < 1.29 is 19.1 Å². The van der Waals surface area contributed by atoms with Gasteiger partial charge in [0.15, 0.2) is 5.17 Å². The lowest BCUT2D eigenvalue weighted by atomic mass is 10.1.